The maximum atomic E-state index is 12.5. The lowest BCUT2D eigenvalue weighted by molar-refractivity contribution is -0.142. The predicted molar refractivity (Wildman–Crippen MR) is 130 cm³/mol. The van der Waals surface area contributed by atoms with Gasteiger partial charge in [0.15, 0.2) is 5.96 Å². The summed E-state index contributed by atoms with van der Waals surface area (Å²) in [7, 11) is 1.79. The quantitative estimate of drug-likeness (QED) is 0.265. The van der Waals surface area contributed by atoms with E-state index < -0.39 is 0 Å². The molecule has 0 aromatic heterocycles. The van der Waals surface area contributed by atoms with Gasteiger partial charge in [-0.15, -0.1) is 24.0 Å². The average molecular weight is 530 g/mol. The van der Waals surface area contributed by atoms with Crippen LogP contribution in [-0.4, -0.2) is 80.8 Å². The first-order chi connectivity index (χ1) is 14.1. The molecule has 2 fully saturated rings. The minimum absolute atomic E-state index is 0. The van der Waals surface area contributed by atoms with Crippen LogP contribution in [0.4, 0.5) is 0 Å². The Bertz CT molecular complexity index is 699. The average Bonchev–Trinajstić information content (AvgIpc) is 3.28. The summed E-state index contributed by atoms with van der Waals surface area (Å²) < 4.78 is 11.5. The number of nitrogens with one attached hydrogen (secondary N) is 1. The SMILES string of the molecule is CN=C(NCCOc1ccccc1C(C)C)N1CCN(C(=O)C2CCCO2)CC1.I. The summed E-state index contributed by atoms with van der Waals surface area (Å²) in [5.41, 5.74) is 1.23. The summed E-state index contributed by atoms with van der Waals surface area (Å²) in [5, 5.41) is 3.38. The summed E-state index contributed by atoms with van der Waals surface area (Å²) in [6, 6.07) is 8.19. The van der Waals surface area contributed by atoms with E-state index in [4.69, 9.17) is 9.47 Å². The van der Waals surface area contributed by atoms with Crippen LogP contribution >= 0.6 is 24.0 Å². The van der Waals surface area contributed by atoms with Gasteiger partial charge in [-0.05, 0) is 30.4 Å². The van der Waals surface area contributed by atoms with E-state index in [1.165, 1.54) is 5.56 Å². The minimum Gasteiger partial charge on any atom is -0.491 e. The molecule has 0 bridgehead atoms. The van der Waals surface area contributed by atoms with Gasteiger partial charge in [0, 0.05) is 39.8 Å². The van der Waals surface area contributed by atoms with Gasteiger partial charge in [-0.2, -0.15) is 0 Å². The van der Waals surface area contributed by atoms with Gasteiger partial charge < -0.3 is 24.6 Å². The number of para-hydroxylation sites is 1. The van der Waals surface area contributed by atoms with Crippen molar-refractivity contribution in [3.05, 3.63) is 29.8 Å². The van der Waals surface area contributed by atoms with Crippen molar-refractivity contribution in [2.24, 2.45) is 4.99 Å². The molecule has 1 unspecified atom stereocenters. The third kappa shape index (κ3) is 6.47. The second-order valence-corrected chi connectivity index (χ2v) is 7.83. The highest BCUT2D eigenvalue weighted by Gasteiger charge is 2.30. The molecule has 30 heavy (non-hydrogen) atoms. The van der Waals surface area contributed by atoms with Crippen LogP contribution in [0.15, 0.2) is 29.3 Å². The minimum atomic E-state index is -0.232. The second-order valence-electron chi connectivity index (χ2n) is 7.83. The number of guanidine groups is 1. The Kier molecular flexibility index (Phi) is 10.2. The smallest absolute Gasteiger partial charge is 0.251 e. The number of benzene rings is 1. The molecule has 1 atom stereocenters. The highest BCUT2D eigenvalue weighted by Crippen LogP contribution is 2.25. The zero-order valence-electron chi connectivity index (χ0n) is 18.3. The summed E-state index contributed by atoms with van der Waals surface area (Å²) in [5.74, 6) is 2.37. The number of carbonyl (C=O) groups excluding carboxylic acids is 1. The molecule has 0 spiro atoms. The van der Waals surface area contributed by atoms with Crippen LogP contribution in [0.25, 0.3) is 0 Å². The predicted octanol–water partition coefficient (Wildman–Crippen LogP) is 2.71. The Morgan fingerprint density at radius 3 is 2.57 bits per heavy atom. The molecule has 2 heterocycles. The van der Waals surface area contributed by atoms with Crippen molar-refractivity contribution in [1.29, 1.82) is 0 Å². The topological polar surface area (TPSA) is 66.4 Å². The number of hydrogen-bond acceptors (Lipinski definition) is 4. The van der Waals surface area contributed by atoms with Gasteiger partial charge in [0.05, 0.1) is 6.54 Å². The zero-order valence-corrected chi connectivity index (χ0v) is 20.6. The molecule has 0 saturated carbocycles. The van der Waals surface area contributed by atoms with E-state index in [0.29, 0.717) is 38.8 Å². The zero-order chi connectivity index (χ0) is 20.6. The van der Waals surface area contributed by atoms with Crippen molar-refractivity contribution in [3.63, 3.8) is 0 Å². The molecule has 1 amide bonds. The number of hydrogen-bond donors (Lipinski definition) is 1. The van der Waals surface area contributed by atoms with Gasteiger partial charge in [0.2, 0.25) is 0 Å². The van der Waals surface area contributed by atoms with Crippen molar-refractivity contribution in [3.8, 4) is 5.75 Å². The van der Waals surface area contributed by atoms with E-state index in [-0.39, 0.29) is 36.0 Å². The van der Waals surface area contributed by atoms with E-state index in [1.807, 2.05) is 23.1 Å². The Labute approximate surface area is 197 Å². The fourth-order valence-electron chi connectivity index (χ4n) is 3.86. The van der Waals surface area contributed by atoms with E-state index in [0.717, 1.165) is 37.6 Å². The highest BCUT2D eigenvalue weighted by atomic mass is 127. The molecule has 3 rings (SSSR count). The maximum Gasteiger partial charge on any atom is 0.251 e. The van der Waals surface area contributed by atoms with Crippen molar-refractivity contribution in [2.75, 3.05) is 53.0 Å². The number of halogens is 1. The molecule has 2 saturated heterocycles. The Morgan fingerprint density at radius 1 is 1.23 bits per heavy atom. The molecule has 168 valence electrons. The molecule has 1 aromatic carbocycles. The summed E-state index contributed by atoms with van der Waals surface area (Å²) in [6.07, 6.45) is 1.60. The van der Waals surface area contributed by atoms with Crippen molar-refractivity contribution < 1.29 is 14.3 Å². The van der Waals surface area contributed by atoms with Crippen LogP contribution in [0.3, 0.4) is 0 Å². The molecule has 8 heteroatoms. The Balaban J connectivity index is 0.00000320. The molecule has 1 aromatic rings. The first kappa shape index (κ1) is 24.7. The number of ether oxygens (including phenoxy) is 2. The van der Waals surface area contributed by atoms with Gasteiger partial charge in [-0.25, -0.2) is 0 Å². The van der Waals surface area contributed by atoms with Gasteiger partial charge in [-0.1, -0.05) is 32.0 Å². The lowest BCUT2D eigenvalue weighted by Gasteiger charge is -2.37. The summed E-state index contributed by atoms with van der Waals surface area (Å²) in [4.78, 5) is 21.0. The molecule has 0 radical (unpaired) electrons. The first-order valence-corrected chi connectivity index (χ1v) is 10.7. The summed E-state index contributed by atoms with van der Waals surface area (Å²) in [6.45, 7) is 9.25. The van der Waals surface area contributed by atoms with Crippen LogP contribution in [0, 0.1) is 0 Å². The molecular formula is C22H35IN4O3. The molecular weight excluding hydrogens is 495 g/mol. The number of piperazine rings is 1. The number of amides is 1. The van der Waals surface area contributed by atoms with Crippen LogP contribution in [0.2, 0.25) is 0 Å². The van der Waals surface area contributed by atoms with Gasteiger partial charge >= 0.3 is 0 Å². The van der Waals surface area contributed by atoms with E-state index in [1.54, 1.807) is 7.05 Å². The number of nitrogens with zero attached hydrogens (tertiary/aromatic N) is 3. The monoisotopic (exact) mass is 530 g/mol. The van der Waals surface area contributed by atoms with Crippen LogP contribution in [0.1, 0.15) is 38.2 Å². The fourth-order valence-corrected chi connectivity index (χ4v) is 3.86. The van der Waals surface area contributed by atoms with E-state index >= 15 is 0 Å². The lowest BCUT2D eigenvalue weighted by Crippen LogP contribution is -2.55. The standard InChI is InChI=1S/C22H34N4O3.HI/c1-17(2)18-7-4-5-8-19(18)29-16-10-24-22(23-3)26-13-11-25(12-14-26)21(27)20-9-6-15-28-20;/h4-5,7-8,17,20H,6,9-16H2,1-3H3,(H,23,24);1H. The maximum absolute atomic E-state index is 12.5. The number of aliphatic imine (C=N–C) groups is 1. The van der Waals surface area contributed by atoms with Crippen molar-refractivity contribution in [1.82, 2.24) is 15.1 Å². The summed E-state index contributed by atoms with van der Waals surface area (Å²) >= 11 is 0. The third-order valence-corrected chi connectivity index (χ3v) is 5.49. The van der Waals surface area contributed by atoms with Gasteiger partial charge in [0.1, 0.15) is 18.5 Å². The van der Waals surface area contributed by atoms with Gasteiger partial charge in [-0.3, -0.25) is 9.79 Å². The van der Waals surface area contributed by atoms with E-state index in [2.05, 4.69) is 35.1 Å². The fraction of sp³-hybridized carbons (Fsp3) is 0.636. The highest BCUT2D eigenvalue weighted by molar-refractivity contribution is 14.0. The molecule has 1 N–H and O–H groups in total. The molecule has 7 nitrogen and oxygen atoms in total. The normalized spacial score (nSPS) is 19.6. The second kappa shape index (κ2) is 12.3. The number of carbonyl (C=O) groups is 1. The Hall–Kier alpha value is -1.55. The van der Waals surface area contributed by atoms with Crippen LogP contribution < -0.4 is 10.1 Å². The number of rotatable bonds is 6. The first-order valence-electron chi connectivity index (χ1n) is 10.7. The largest absolute Gasteiger partial charge is 0.491 e. The molecule has 2 aliphatic rings. The van der Waals surface area contributed by atoms with Crippen molar-refractivity contribution in [2.45, 2.75) is 38.7 Å². The van der Waals surface area contributed by atoms with Gasteiger partial charge in [0.25, 0.3) is 5.91 Å². The van der Waals surface area contributed by atoms with E-state index in [9.17, 15) is 4.79 Å². The van der Waals surface area contributed by atoms with Crippen LogP contribution in [-0.2, 0) is 9.53 Å². The Morgan fingerprint density at radius 2 is 1.93 bits per heavy atom. The molecule has 2 aliphatic heterocycles. The lowest BCUT2D eigenvalue weighted by atomic mass is 10.0. The molecule has 0 aliphatic carbocycles. The third-order valence-electron chi connectivity index (χ3n) is 5.49. The van der Waals surface area contributed by atoms with Crippen LogP contribution in [0.5, 0.6) is 5.75 Å². The van der Waals surface area contributed by atoms with Crippen molar-refractivity contribution >= 4 is 35.8 Å².